The van der Waals surface area contributed by atoms with Crippen molar-refractivity contribution in [3.8, 4) is 0 Å². The van der Waals surface area contributed by atoms with E-state index in [0.717, 1.165) is 19.4 Å². The molecular weight excluding hydrogens is 166 g/mol. The van der Waals surface area contributed by atoms with E-state index in [1.54, 1.807) is 0 Å². The summed E-state index contributed by atoms with van der Waals surface area (Å²) in [5, 5.41) is 3.01. The van der Waals surface area contributed by atoms with Crippen LogP contribution in [0.25, 0.3) is 0 Å². The van der Waals surface area contributed by atoms with Crippen molar-refractivity contribution in [2.45, 2.75) is 18.3 Å². The highest BCUT2D eigenvalue weighted by atomic mass is 35.5. The van der Waals surface area contributed by atoms with E-state index < -0.39 is 0 Å². The monoisotopic (exact) mass is 177 g/mol. The lowest BCUT2D eigenvalue weighted by molar-refractivity contribution is -0.146. The van der Waals surface area contributed by atoms with Gasteiger partial charge in [-0.25, -0.2) is 0 Å². The van der Waals surface area contributed by atoms with Crippen LogP contribution in [0.3, 0.4) is 0 Å². The van der Waals surface area contributed by atoms with Crippen LogP contribution >= 0.6 is 11.6 Å². The van der Waals surface area contributed by atoms with Crippen molar-refractivity contribution in [2.75, 3.05) is 13.7 Å². The van der Waals surface area contributed by atoms with Gasteiger partial charge in [-0.05, 0) is 19.4 Å². The van der Waals surface area contributed by atoms with Gasteiger partial charge in [-0.2, -0.15) is 0 Å². The highest BCUT2D eigenvalue weighted by Gasteiger charge is 2.29. The van der Waals surface area contributed by atoms with E-state index in [1.807, 2.05) is 0 Å². The van der Waals surface area contributed by atoms with E-state index in [1.165, 1.54) is 7.11 Å². The van der Waals surface area contributed by atoms with Crippen LogP contribution in [-0.4, -0.2) is 25.1 Å². The van der Waals surface area contributed by atoms with Gasteiger partial charge in [-0.1, -0.05) is 0 Å². The van der Waals surface area contributed by atoms with Crippen molar-refractivity contribution in [1.82, 2.24) is 5.32 Å². The predicted octanol–water partition coefficient (Wildman–Crippen LogP) is 0.724. The van der Waals surface area contributed by atoms with E-state index in [-0.39, 0.29) is 17.4 Å². The van der Waals surface area contributed by atoms with Gasteiger partial charge in [0.15, 0.2) is 0 Å². The van der Waals surface area contributed by atoms with Crippen molar-refractivity contribution in [1.29, 1.82) is 0 Å². The fraction of sp³-hybridized carbons (Fsp3) is 0.857. The summed E-state index contributed by atoms with van der Waals surface area (Å²) >= 11 is 5.84. The molecule has 2 atom stereocenters. The molecule has 0 aromatic rings. The molecule has 64 valence electrons. The Balaban J connectivity index is 2.47. The van der Waals surface area contributed by atoms with E-state index in [0.29, 0.717) is 0 Å². The lowest BCUT2D eigenvalue weighted by Crippen LogP contribution is -2.41. The molecule has 1 heterocycles. The molecule has 1 rings (SSSR count). The molecule has 3 nitrogen and oxygen atoms in total. The number of hydrogen-bond donors (Lipinski definition) is 1. The Morgan fingerprint density at radius 1 is 1.73 bits per heavy atom. The maximum atomic E-state index is 11.0. The quantitative estimate of drug-likeness (QED) is 0.365. The van der Waals surface area contributed by atoms with E-state index in [2.05, 4.69) is 10.1 Å². The third-order valence-corrected chi connectivity index (χ3v) is 2.35. The fourth-order valence-corrected chi connectivity index (χ4v) is 1.58. The number of carbonyl (C=O) groups excluding carboxylic acids is 1. The van der Waals surface area contributed by atoms with Crippen LogP contribution in [0.15, 0.2) is 0 Å². The zero-order valence-corrected chi connectivity index (χ0v) is 7.23. The van der Waals surface area contributed by atoms with Crippen molar-refractivity contribution < 1.29 is 9.53 Å². The number of hydrogen-bond acceptors (Lipinski definition) is 3. The first-order valence-corrected chi connectivity index (χ1v) is 4.14. The van der Waals surface area contributed by atoms with Gasteiger partial charge in [-0.3, -0.25) is 4.79 Å². The Labute approximate surface area is 71.1 Å². The number of rotatable bonds is 1. The second-order valence-electron chi connectivity index (χ2n) is 2.63. The van der Waals surface area contributed by atoms with Crippen LogP contribution in [0.2, 0.25) is 0 Å². The molecule has 0 aromatic heterocycles. The molecule has 1 fully saturated rings. The molecular formula is C7H12ClNO2. The summed E-state index contributed by atoms with van der Waals surface area (Å²) in [6.07, 6.45) is 1.82. The summed E-state index contributed by atoms with van der Waals surface area (Å²) in [7, 11) is 1.39. The minimum Gasteiger partial charge on any atom is -0.469 e. The molecule has 0 aromatic carbocycles. The second kappa shape index (κ2) is 3.93. The summed E-state index contributed by atoms with van der Waals surface area (Å²) in [5.74, 6) is -0.382. The van der Waals surface area contributed by atoms with Crippen LogP contribution in [-0.2, 0) is 9.53 Å². The van der Waals surface area contributed by atoms with Crippen molar-refractivity contribution in [3.05, 3.63) is 0 Å². The Kier molecular flexibility index (Phi) is 3.15. The summed E-state index contributed by atoms with van der Waals surface area (Å²) in [6.45, 7) is 0.891. The van der Waals surface area contributed by atoms with Crippen LogP contribution in [0, 0.1) is 5.92 Å². The molecule has 0 spiro atoms. The van der Waals surface area contributed by atoms with Crippen molar-refractivity contribution in [3.63, 3.8) is 0 Å². The highest BCUT2D eigenvalue weighted by Crippen LogP contribution is 2.20. The second-order valence-corrected chi connectivity index (χ2v) is 3.10. The summed E-state index contributed by atoms with van der Waals surface area (Å²) < 4.78 is 4.60. The lowest BCUT2D eigenvalue weighted by atomic mass is 10.00. The number of esters is 1. The van der Waals surface area contributed by atoms with Gasteiger partial charge < -0.3 is 10.1 Å². The largest absolute Gasteiger partial charge is 0.469 e. The molecule has 1 N–H and O–H groups in total. The van der Waals surface area contributed by atoms with E-state index in [9.17, 15) is 4.79 Å². The minimum atomic E-state index is -0.254. The van der Waals surface area contributed by atoms with Crippen LogP contribution in [0.4, 0.5) is 0 Å². The standard InChI is InChI=1S/C7H12ClNO2/c1-11-7(10)5-3-2-4-9-6(5)8/h5-6,9H,2-4H2,1H3. The number of halogens is 1. The first kappa shape index (κ1) is 8.81. The van der Waals surface area contributed by atoms with Crippen LogP contribution in [0.1, 0.15) is 12.8 Å². The van der Waals surface area contributed by atoms with E-state index >= 15 is 0 Å². The van der Waals surface area contributed by atoms with Crippen molar-refractivity contribution in [2.24, 2.45) is 5.92 Å². The Bertz CT molecular complexity index is 151. The molecule has 0 amide bonds. The molecule has 0 saturated carbocycles. The average Bonchev–Trinajstić information content (AvgIpc) is 2.04. The summed E-state index contributed by atoms with van der Waals surface area (Å²) in [6, 6.07) is 0. The topological polar surface area (TPSA) is 38.3 Å². The number of alkyl halides is 1. The molecule has 0 radical (unpaired) electrons. The third-order valence-electron chi connectivity index (χ3n) is 1.89. The maximum absolute atomic E-state index is 11.0. The number of methoxy groups -OCH3 is 1. The van der Waals surface area contributed by atoms with Gasteiger partial charge in [0.05, 0.1) is 18.5 Å². The van der Waals surface area contributed by atoms with Crippen molar-refractivity contribution >= 4 is 17.6 Å². The Hall–Kier alpha value is -0.280. The summed E-state index contributed by atoms with van der Waals surface area (Å²) in [4.78, 5) is 11.0. The third kappa shape index (κ3) is 2.07. The van der Waals surface area contributed by atoms with E-state index in [4.69, 9.17) is 11.6 Å². The molecule has 1 saturated heterocycles. The highest BCUT2D eigenvalue weighted by molar-refractivity contribution is 6.21. The van der Waals surface area contributed by atoms with Crippen LogP contribution < -0.4 is 5.32 Å². The zero-order chi connectivity index (χ0) is 8.27. The predicted molar refractivity (Wildman–Crippen MR) is 42.4 cm³/mol. The van der Waals surface area contributed by atoms with Gasteiger partial charge in [0.25, 0.3) is 0 Å². The zero-order valence-electron chi connectivity index (χ0n) is 6.47. The number of nitrogens with one attached hydrogen (secondary N) is 1. The van der Waals surface area contributed by atoms with Gasteiger partial charge in [0.2, 0.25) is 0 Å². The van der Waals surface area contributed by atoms with Gasteiger partial charge in [0.1, 0.15) is 0 Å². The number of carbonyl (C=O) groups is 1. The van der Waals surface area contributed by atoms with Gasteiger partial charge in [-0.15, -0.1) is 11.6 Å². The first-order chi connectivity index (χ1) is 5.25. The molecule has 4 heteroatoms. The molecule has 1 aliphatic rings. The van der Waals surface area contributed by atoms with Crippen LogP contribution in [0.5, 0.6) is 0 Å². The first-order valence-electron chi connectivity index (χ1n) is 3.71. The number of piperidine rings is 1. The lowest BCUT2D eigenvalue weighted by Gasteiger charge is -2.25. The molecule has 0 bridgehead atoms. The SMILES string of the molecule is COC(=O)C1CCCNC1Cl. The fourth-order valence-electron chi connectivity index (χ4n) is 1.24. The normalized spacial score (nSPS) is 31.5. The number of ether oxygens (including phenoxy) is 1. The van der Waals surface area contributed by atoms with Gasteiger partial charge >= 0.3 is 5.97 Å². The smallest absolute Gasteiger partial charge is 0.311 e. The Morgan fingerprint density at radius 3 is 3.00 bits per heavy atom. The maximum Gasteiger partial charge on any atom is 0.311 e. The molecule has 0 aliphatic carbocycles. The minimum absolute atomic E-state index is 0.171. The molecule has 11 heavy (non-hydrogen) atoms. The van der Waals surface area contributed by atoms with Gasteiger partial charge in [0, 0.05) is 0 Å². The molecule has 1 aliphatic heterocycles. The Morgan fingerprint density at radius 2 is 2.45 bits per heavy atom. The molecule has 2 unspecified atom stereocenters. The summed E-state index contributed by atoms with van der Waals surface area (Å²) in [5.41, 5.74) is -0.254. The average molecular weight is 178 g/mol.